The van der Waals surface area contributed by atoms with Gasteiger partial charge in [0.25, 0.3) is 0 Å². The Hall–Kier alpha value is -3.02. The van der Waals surface area contributed by atoms with Gasteiger partial charge < -0.3 is 9.80 Å². The van der Waals surface area contributed by atoms with Crippen LogP contribution >= 0.6 is 0 Å². The van der Waals surface area contributed by atoms with Crippen LogP contribution in [0.4, 0.5) is 8.78 Å². The second-order valence-electron chi connectivity index (χ2n) is 8.68. The molecule has 2 aromatic rings. The van der Waals surface area contributed by atoms with Crippen molar-refractivity contribution in [3.8, 4) is 0 Å². The zero-order chi connectivity index (χ0) is 22.5. The number of rotatable bonds is 5. The summed E-state index contributed by atoms with van der Waals surface area (Å²) < 4.78 is 26.3. The van der Waals surface area contributed by atoms with Gasteiger partial charge in [-0.3, -0.25) is 9.59 Å². The van der Waals surface area contributed by atoms with Crippen molar-refractivity contribution in [3.63, 3.8) is 0 Å². The Kier molecular flexibility index (Phi) is 6.98. The van der Waals surface area contributed by atoms with Crippen LogP contribution in [-0.4, -0.2) is 41.2 Å². The topological polar surface area (TPSA) is 40.6 Å². The van der Waals surface area contributed by atoms with E-state index in [1.807, 2.05) is 15.9 Å². The van der Waals surface area contributed by atoms with Crippen molar-refractivity contribution in [1.29, 1.82) is 0 Å². The molecule has 2 heterocycles. The quantitative estimate of drug-likeness (QED) is 0.652. The van der Waals surface area contributed by atoms with Crippen LogP contribution in [0.15, 0.2) is 60.7 Å². The first kappa shape index (κ1) is 22.2. The fourth-order valence-corrected chi connectivity index (χ4v) is 4.66. The summed E-state index contributed by atoms with van der Waals surface area (Å²) in [5, 5.41) is 0. The van der Waals surface area contributed by atoms with Gasteiger partial charge in [-0.15, -0.1) is 0 Å². The van der Waals surface area contributed by atoms with E-state index in [1.54, 1.807) is 24.3 Å². The lowest BCUT2D eigenvalue weighted by molar-refractivity contribution is -0.138. The molecule has 1 saturated heterocycles. The number of piperidine rings is 1. The molecule has 32 heavy (non-hydrogen) atoms. The molecule has 2 aromatic carbocycles. The maximum Gasteiger partial charge on any atom is 0.226 e. The van der Waals surface area contributed by atoms with E-state index in [2.05, 4.69) is 6.08 Å². The third kappa shape index (κ3) is 5.42. The van der Waals surface area contributed by atoms with Crippen LogP contribution in [0.3, 0.4) is 0 Å². The number of hydrogen-bond donors (Lipinski definition) is 0. The Morgan fingerprint density at radius 2 is 1.47 bits per heavy atom. The van der Waals surface area contributed by atoms with Gasteiger partial charge in [-0.25, -0.2) is 8.78 Å². The lowest BCUT2D eigenvalue weighted by Gasteiger charge is -2.36. The van der Waals surface area contributed by atoms with Gasteiger partial charge in [0.1, 0.15) is 11.6 Å². The number of hydrogen-bond acceptors (Lipinski definition) is 2. The molecule has 1 atom stereocenters. The van der Waals surface area contributed by atoms with E-state index in [-0.39, 0.29) is 41.7 Å². The average molecular weight is 439 g/mol. The molecule has 2 aliphatic rings. The van der Waals surface area contributed by atoms with Crippen molar-refractivity contribution in [2.75, 3.05) is 19.6 Å². The fourth-order valence-electron chi connectivity index (χ4n) is 4.66. The Labute approximate surface area is 187 Å². The molecule has 0 bridgehead atoms. The van der Waals surface area contributed by atoms with Crippen molar-refractivity contribution >= 4 is 11.8 Å². The third-order valence-corrected chi connectivity index (χ3v) is 6.53. The lowest BCUT2D eigenvalue weighted by atomic mass is 9.81. The molecular formula is C26H28F2N2O2. The number of carbonyl (C=O) groups is 2. The minimum Gasteiger partial charge on any atom is -0.342 e. The summed E-state index contributed by atoms with van der Waals surface area (Å²) in [5.74, 6) is -0.276. The van der Waals surface area contributed by atoms with Gasteiger partial charge in [0, 0.05) is 32.1 Å². The highest BCUT2D eigenvalue weighted by molar-refractivity contribution is 5.80. The van der Waals surface area contributed by atoms with Crippen LogP contribution in [0.5, 0.6) is 0 Å². The number of allylic oxidation sites excluding steroid dienone is 1. The number of nitrogens with zero attached hydrogens (tertiary/aromatic N) is 2. The number of benzene rings is 2. The molecule has 0 spiro atoms. The van der Waals surface area contributed by atoms with Gasteiger partial charge in [-0.1, -0.05) is 36.4 Å². The van der Waals surface area contributed by atoms with E-state index in [9.17, 15) is 18.4 Å². The van der Waals surface area contributed by atoms with Crippen molar-refractivity contribution in [1.82, 2.24) is 9.80 Å². The molecule has 1 fully saturated rings. The predicted octanol–water partition coefficient (Wildman–Crippen LogP) is 4.35. The number of likely N-dealkylation sites (tertiary alicyclic amines) is 1. The Bertz CT molecular complexity index is 964. The maximum absolute atomic E-state index is 13.3. The summed E-state index contributed by atoms with van der Waals surface area (Å²) >= 11 is 0. The van der Waals surface area contributed by atoms with E-state index in [1.165, 1.54) is 24.3 Å². The van der Waals surface area contributed by atoms with Crippen LogP contribution in [0.2, 0.25) is 0 Å². The Balaban J connectivity index is 1.33. The first-order valence-electron chi connectivity index (χ1n) is 11.2. The molecule has 0 aliphatic carbocycles. The molecule has 6 heteroatoms. The van der Waals surface area contributed by atoms with Gasteiger partial charge in [0.15, 0.2) is 0 Å². The second kappa shape index (κ2) is 10.1. The molecular weight excluding hydrogens is 410 g/mol. The lowest BCUT2D eigenvalue weighted by Crippen LogP contribution is -2.44. The minimum atomic E-state index is -0.308. The van der Waals surface area contributed by atoms with E-state index in [4.69, 9.17) is 0 Å². The molecule has 2 amide bonds. The zero-order valence-electron chi connectivity index (χ0n) is 18.1. The van der Waals surface area contributed by atoms with E-state index < -0.39 is 0 Å². The Morgan fingerprint density at radius 1 is 0.875 bits per heavy atom. The smallest absolute Gasteiger partial charge is 0.226 e. The van der Waals surface area contributed by atoms with E-state index >= 15 is 0 Å². The summed E-state index contributed by atoms with van der Waals surface area (Å²) in [6, 6.07) is 12.3. The molecule has 0 saturated carbocycles. The van der Waals surface area contributed by atoms with Crippen LogP contribution in [0, 0.1) is 23.5 Å². The molecule has 2 aliphatic heterocycles. The first-order valence-corrected chi connectivity index (χ1v) is 11.2. The molecule has 168 valence electrons. The first-order chi connectivity index (χ1) is 15.5. The molecule has 0 N–H and O–H groups in total. The number of halogens is 2. The van der Waals surface area contributed by atoms with Crippen molar-refractivity contribution < 1.29 is 18.4 Å². The maximum atomic E-state index is 13.3. The van der Waals surface area contributed by atoms with Crippen LogP contribution in [0.1, 0.15) is 30.4 Å². The largest absolute Gasteiger partial charge is 0.342 e. The third-order valence-electron chi connectivity index (χ3n) is 6.53. The van der Waals surface area contributed by atoms with E-state index in [0.717, 1.165) is 24.0 Å². The molecule has 0 aromatic heterocycles. The molecule has 0 radical (unpaired) electrons. The molecule has 4 rings (SSSR count). The van der Waals surface area contributed by atoms with Gasteiger partial charge in [-0.2, -0.15) is 0 Å². The fraction of sp³-hybridized carbons (Fsp3) is 0.385. The van der Waals surface area contributed by atoms with Gasteiger partial charge in [-0.05, 0) is 60.6 Å². The summed E-state index contributed by atoms with van der Waals surface area (Å²) in [7, 11) is 0. The summed E-state index contributed by atoms with van der Waals surface area (Å²) in [6.45, 7) is 2.29. The monoisotopic (exact) mass is 438 g/mol. The van der Waals surface area contributed by atoms with Gasteiger partial charge in [0.05, 0.1) is 6.42 Å². The second-order valence-corrected chi connectivity index (χ2v) is 8.68. The van der Waals surface area contributed by atoms with E-state index in [0.29, 0.717) is 32.6 Å². The van der Waals surface area contributed by atoms with Crippen molar-refractivity contribution in [2.45, 2.75) is 32.2 Å². The number of amides is 2. The highest BCUT2D eigenvalue weighted by Gasteiger charge is 2.34. The average Bonchev–Trinajstić information content (AvgIpc) is 2.98. The van der Waals surface area contributed by atoms with Crippen LogP contribution in [-0.2, 0) is 22.6 Å². The van der Waals surface area contributed by atoms with Gasteiger partial charge in [0.2, 0.25) is 11.8 Å². The minimum absolute atomic E-state index is 0.0417. The van der Waals surface area contributed by atoms with Crippen LogP contribution < -0.4 is 0 Å². The SMILES string of the molecule is O=C(Cc1ccc(F)cc1)N1CCC([C@H]2CC=CCN(Cc3ccc(F)cc3)C2=O)CC1. The summed E-state index contributed by atoms with van der Waals surface area (Å²) in [5.41, 5.74) is 1.72. The Morgan fingerprint density at radius 3 is 2.09 bits per heavy atom. The van der Waals surface area contributed by atoms with Crippen LogP contribution in [0.25, 0.3) is 0 Å². The normalized spacial score (nSPS) is 19.8. The summed E-state index contributed by atoms with van der Waals surface area (Å²) in [4.78, 5) is 29.6. The molecule has 0 unspecified atom stereocenters. The highest BCUT2D eigenvalue weighted by atomic mass is 19.1. The predicted molar refractivity (Wildman–Crippen MR) is 118 cm³/mol. The highest BCUT2D eigenvalue weighted by Crippen LogP contribution is 2.31. The standard InChI is InChI=1S/C26H28F2N2O2/c27-22-8-4-19(5-9-22)17-25(31)29-15-12-21(13-16-29)24-3-1-2-14-30(26(24)32)18-20-6-10-23(28)11-7-20/h1-2,4-11,21,24H,3,12-18H2/t24-/m1/s1. The van der Waals surface area contributed by atoms with Crippen molar-refractivity contribution in [3.05, 3.63) is 83.4 Å². The van der Waals surface area contributed by atoms with Crippen molar-refractivity contribution in [2.24, 2.45) is 11.8 Å². The summed E-state index contributed by atoms with van der Waals surface area (Å²) in [6.07, 6.45) is 6.68. The number of carbonyl (C=O) groups excluding carboxylic acids is 2. The zero-order valence-corrected chi connectivity index (χ0v) is 18.1. The molecule has 4 nitrogen and oxygen atoms in total. The van der Waals surface area contributed by atoms with Gasteiger partial charge >= 0.3 is 0 Å².